The van der Waals surface area contributed by atoms with Crippen LogP contribution in [0, 0.1) is 6.85 Å². The van der Waals surface area contributed by atoms with E-state index in [-0.39, 0.29) is 16.6 Å². The number of aryl methyl sites for hydroxylation is 1. The molecule has 1 N–H and O–H groups in total. The van der Waals surface area contributed by atoms with Crippen molar-refractivity contribution in [3.63, 3.8) is 0 Å². The Hall–Kier alpha value is -7.04. The van der Waals surface area contributed by atoms with Crippen molar-refractivity contribution in [1.29, 1.82) is 0 Å². The van der Waals surface area contributed by atoms with E-state index < -0.39 is 6.85 Å². The first kappa shape index (κ1) is 35.9. The predicted octanol–water partition coefficient (Wildman–Crippen LogP) is 15.0. The molecule has 0 aliphatic heterocycles. The van der Waals surface area contributed by atoms with Gasteiger partial charge in [-0.1, -0.05) is 162 Å². The highest BCUT2D eigenvalue weighted by molar-refractivity contribution is 5.98. The van der Waals surface area contributed by atoms with Gasteiger partial charge < -0.3 is 5.11 Å². The molecule has 0 amide bonds. The second-order valence-electron chi connectivity index (χ2n) is 17.9. The molecule has 0 spiro atoms. The number of phenols is 1. The molecule has 0 saturated carbocycles. The molecule has 0 aliphatic rings. The van der Waals surface area contributed by atoms with Crippen LogP contribution in [0.25, 0.3) is 83.9 Å². The Balaban J connectivity index is 1.27. The number of aromatic nitrogens is 3. The van der Waals surface area contributed by atoms with E-state index in [1.165, 1.54) is 0 Å². The summed E-state index contributed by atoms with van der Waals surface area (Å²) in [5.41, 5.74) is 14.9. The van der Waals surface area contributed by atoms with Crippen molar-refractivity contribution in [2.24, 2.45) is 0 Å². The summed E-state index contributed by atoms with van der Waals surface area (Å²) in [6.45, 7) is 10.9. The van der Waals surface area contributed by atoms with Crippen LogP contribution in [-0.4, -0.2) is 19.6 Å². The average Bonchev–Trinajstić information content (AvgIpc) is 3.68. The van der Waals surface area contributed by atoms with Gasteiger partial charge in [0.1, 0.15) is 11.6 Å². The number of phenolic OH excluding ortho intramolecular Hbond substituents is 1. The average molecular weight is 797 g/mol. The molecule has 0 saturated heterocycles. The molecule has 0 aliphatic carbocycles. The van der Waals surface area contributed by atoms with Gasteiger partial charge in [0.05, 0.1) is 22.3 Å². The van der Waals surface area contributed by atoms with Gasteiger partial charge >= 0.3 is 0 Å². The number of imidazole rings is 1. The summed E-state index contributed by atoms with van der Waals surface area (Å²) in [5.74, 6) is 0.884. The molecule has 300 valence electrons. The van der Waals surface area contributed by atoms with Crippen LogP contribution in [0.3, 0.4) is 0 Å². The normalized spacial score (nSPS) is 12.9. The predicted molar refractivity (Wildman–Crippen MR) is 255 cm³/mol. The highest BCUT2D eigenvalue weighted by atomic mass is 16.3. The lowest BCUT2D eigenvalue weighted by Gasteiger charge is -2.27. The number of hydrogen-bond acceptors (Lipinski definition) is 3. The largest absolute Gasteiger partial charge is 0.507 e. The number of fused-ring (bicyclic) bond motifs is 1. The molecule has 2 aromatic heterocycles. The summed E-state index contributed by atoms with van der Waals surface area (Å²) in [7, 11) is 0. The number of rotatable bonds is 7. The number of para-hydroxylation sites is 1. The molecule has 0 unspecified atom stereocenters. The van der Waals surface area contributed by atoms with Crippen LogP contribution in [0.1, 0.15) is 62.3 Å². The monoisotopic (exact) mass is 796 g/mol. The maximum Gasteiger partial charge on any atom is 0.149 e. The van der Waals surface area contributed by atoms with Crippen molar-refractivity contribution in [3.8, 4) is 78.6 Å². The SMILES string of the molecule is [2H]C([2H])([2H])c1ccc(-c2ccnc(-c3cc(-c4ccccc4)cc(-c4cccc5c4nc(-c4cc(C(C)(C)C)cc(C(C)(C)C)c4O)n5-c4ccc(-c5ccccc5)cc4)c3)c2)cc1. The number of nitrogens with zero attached hydrogens (tertiary/aromatic N) is 3. The first-order chi connectivity index (χ1) is 30.5. The lowest BCUT2D eigenvalue weighted by atomic mass is 9.79. The second-order valence-corrected chi connectivity index (χ2v) is 17.9. The molecular weight excluding hydrogens is 743 g/mol. The van der Waals surface area contributed by atoms with Crippen molar-refractivity contribution in [3.05, 3.63) is 193 Å². The van der Waals surface area contributed by atoms with E-state index in [0.717, 1.165) is 83.6 Å². The Kier molecular flexibility index (Phi) is 9.13. The van der Waals surface area contributed by atoms with Gasteiger partial charge in [-0.25, -0.2) is 4.98 Å². The van der Waals surface area contributed by atoms with Gasteiger partial charge in [-0.15, -0.1) is 0 Å². The lowest BCUT2D eigenvalue weighted by molar-refractivity contribution is 0.446. The number of benzene rings is 7. The zero-order valence-electron chi connectivity index (χ0n) is 38.5. The van der Waals surface area contributed by atoms with E-state index in [1.807, 2.05) is 42.5 Å². The Morgan fingerprint density at radius 2 is 1.11 bits per heavy atom. The minimum Gasteiger partial charge on any atom is -0.507 e. The Morgan fingerprint density at radius 3 is 1.77 bits per heavy atom. The van der Waals surface area contributed by atoms with E-state index in [9.17, 15) is 5.11 Å². The summed E-state index contributed by atoms with van der Waals surface area (Å²) in [6, 6.07) is 57.5. The van der Waals surface area contributed by atoms with E-state index >= 15 is 0 Å². The van der Waals surface area contributed by atoms with Gasteiger partial charge in [-0.3, -0.25) is 9.55 Å². The summed E-state index contributed by atoms with van der Waals surface area (Å²) in [4.78, 5) is 10.4. The van der Waals surface area contributed by atoms with Crippen LogP contribution >= 0.6 is 0 Å². The van der Waals surface area contributed by atoms with E-state index in [4.69, 9.17) is 14.1 Å². The number of hydrogen-bond donors (Lipinski definition) is 1. The standard InChI is InChI=1S/C57H51N3O/c1-37-21-23-41(24-22-37)42-29-30-58-51(34-42)45-32-43(39-17-12-9-13-18-39)31-44(33-45)48-19-14-20-52-53(48)59-55(49-35-46(56(2,3)4)36-50(54(49)61)57(5,6)7)60(52)47-27-25-40(26-28-47)38-15-10-8-11-16-38/h8-36,61H,1-7H3/i1D3. The van der Waals surface area contributed by atoms with Gasteiger partial charge in [-0.05, 0) is 117 Å². The fourth-order valence-corrected chi connectivity index (χ4v) is 8.18. The first-order valence-corrected chi connectivity index (χ1v) is 20.9. The maximum absolute atomic E-state index is 12.3. The van der Waals surface area contributed by atoms with Gasteiger partial charge in [0.25, 0.3) is 0 Å². The summed E-state index contributed by atoms with van der Waals surface area (Å²) >= 11 is 0. The van der Waals surface area contributed by atoms with Gasteiger partial charge in [0.15, 0.2) is 0 Å². The Bertz CT molecular complexity index is 3140. The molecule has 61 heavy (non-hydrogen) atoms. The molecule has 0 fully saturated rings. The minimum atomic E-state index is -2.17. The summed E-state index contributed by atoms with van der Waals surface area (Å²) in [5, 5.41) is 12.3. The highest BCUT2D eigenvalue weighted by Gasteiger charge is 2.28. The van der Waals surface area contributed by atoms with Crippen molar-refractivity contribution in [2.75, 3.05) is 0 Å². The minimum absolute atomic E-state index is 0.192. The highest BCUT2D eigenvalue weighted by Crippen LogP contribution is 2.45. The molecule has 0 atom stereocenters. The zero-order valence-corrected chi connectivity index (χ0v) is 35.5. The van der Waals surface area contributed by atoms with Crippen molar-refractivity contribution in [2.45, 2.75) is 59.2 Å². The topological polar surface area (TPSA) is 50.9 Å². The van der Waals surface area contributed by atoms with Crippen LogP contribution < -0.4 is 0 Å². The summed E-state index contributed by atoms with van der Waals surface area (Å²) in [6.07, 6.45) is 1.80. The van der Waals surface area contributed by atoms with Crippen LogP contribution in [0.4, 0.5) is 0 Å². The molecule has 9 aromatic rings. The fraction of sp³-hybridized carbons (Fsp3) is 0.158. The van der Waals surface area contributed by atoms with E-state index in [2.05, 4.69) is 161 Å². The molecule has 4 heteroatoms. The Labute approximate surface area is 364 Å². The quantitative estimate of drug-likeness (QED) is 0.175. The van der Waals surface area contributed by atoms with E-state index in [1.54, 1.807) is 18.3 Å². The number of aromatic hydroxyl groups is 1. The molecule has 4 nitrogen and oxygen atoms in total. The fourth-order valence-electron chi connectivity index (χ4n) is 8.18. The Morgan fingerprint density at radius 1 is 0.508 bits per heavy atom. The molecule has 2 heterocycles. The van der Waals surface area contributed by atoms with Crippen LogP contribution in [0.5, 0.6) is 5.75 Å². The van der Waals surface area contributed by atoms with Crippen LogP contribution in [-0.2, 0) is 10.8 Å². The molecule has 0 radical (unpaired) electrons. The molecule has 7 aromatic carbocycles. The van der Waals surface area contributed by atoms with E-state index in [0.29, 0.717) is 17.0 Å². The second kappa shape index (κ2) is 15.5. The van der Waals surface area contributed by atoms with Crippen molar-refractivity contribution in [1.82, 2.24) is 14.5 Å². The third-order valence-corrected chi connectivity index (χ3v) is 11.6. The molecular formula is C57H51N3O. The van der Waals surface area contributed by atoms with Crippen LogP contribution in [0.2, 0.25) is 0 Å². The smallest absolute Gasteiger partial charge is 0.149 e. The third-order valence-electron chi connectivity index (χ3n) is 11.6. The first-order valence-electron chi connectivity index (χ1n) is 22.4. The molecule has 0 bridgehead atoms. The third kappa shape index (κ3) is 7.78. The maximum atomic E-state index is 12.3. The zero-order chi connectivity index (χ0) is 45.0. The summed E-state index contributed by atoms with van der Waals surface area (Å²) < 4.78 is 25.7. The lowest BCUT2D eigenvalue weighted by Crippen LogP contribution is -2.17. The van der Waals surface area contributed by atoms with Crippen molar-refractivity contribution < 1.29 is 9.22 Å². The van der Waals surface area contributed by atoms with Gasteiger partial charge in [0, 0.05) is 32.7 Å². The van der Waals surface area contributed by atoms with Crippen LogP contribution in [0.15, 0.2) is 176 Å². The molecule has 9 rings (SSSR count). The van der Waals surface area contributed by atoms with Gasteiger partial charge in [-0.2, -0.15) is 0 Å². The van der Waals surface area contributed by atoms with Crippen molar-refractivity contribution >= 4 is 11.0 Å². The number of pyridine rings is 1. The van der Waals surface area contributed by atoms with Gasteiger partial charge in [0.2, 0.25) is 0 Å².